The Morgan fingerprint density at radius 3 is 3.14 bits per heavy atom. The zero-order chi connectivity index (χ0) is 9.97. The molecule has 1 aliphatic rings. The standard InChI is InChI=1S/C11H9NOS/c13-11-7-9-6-8(2-1-5-14)3-4-10(9)12-11/h3-4,6,14H,5,7H2,(H,12,13). The Bertz CT molecular complexity index is 442. The lowest BCUT2D eigenvalue weighted by Crippen LogP contribution is -2.03. The molecule has 0 bridgehead atoms. The van der Waals surface area contributed by atoms with Gasteiger partial charge in [0.25, 0.3) is 0 Å². The maximum Gasteiger partial charge on any atom is 0.228 e. The Morgan fingerprint density at radius 1 is 1.50 bits per heavy atom. The van der Waals surface area contributed by atoms with E-state index in [1.54, 1.807) is 0 Å². The number of amides is 1. The van der Waals surface area contributed by atoms with Crippen LogP contribution in [-0.4, -0.2) is 11.7 Å². The van der Waals surface area contributed by atoms with Gasteiger partial charge in [-0.3, -0.25) is 4.79 Å². The van der Waals surface area contributed by atoms with Crippen molar-refractivity contribution in [2.45, 2.75) is 6.42 Å². The van der Waals surface area contributed by atoms with Crippen LogP contribution in [0.4, 0.5) is 5.69 Å². The van der Waals surface area contributed by atoms with Crippen molar-refractivity contribution >= 4 is 24.2 Å². The molecule has 1 heterocycles. The Morgan fingerprint density at radius 2 is 2.36 bits per heavy atom. The Balaban J connectivity index is 2.33. The first-order chi connectivity index (χ1) is 6.79. The lowest BCUT2D eigenvalue weighted by molar-refractivity contribution is -0.115. The van der Waals surface area contributed by atoms with Gasteiger partial charge in [-0.15, -0.1) is 0 Å². The fraction of sp³-hybridized carbons (Fsp3) is 0.182. The zero-order valence-electron chi connectivity index (χ0n) is 7.50. The van der Waals surface area contributed by atoms with Crippen molar-refractivity contribution in [1.82, 2.24) is 0 Å². The van der Waals surface area contributed by atoms with Gasteiger partial charge in [-0.1, -0.05) is 11.8 Å². The van der Waals surface area contributed by atoms with Gasteiger partial charge in [0.05, 0.1) is 12.2 Å². The molecule has 1 N–H and O–H groups in total. The van der Waals surface area contributed by atoms with Crippen LogP contribution in [0.15, 0.2) is 18.2 Å². The second-order valence-corrected chi connectivity index (χ2v) is 3.37. The van der Waals surface area contributed by atoms with Gasteiger partial charge in [-0.25, -0.2) is 0 Å². The van der Waals surface area contributed by atoms with Crippen molar-refractivity contribution in [3.63, 3.8) is 0 Å². The number of rotatable bonds is 0. The molecule has 1 amide bonds. The van der Waals surface area contributed by atoms with Crippen LogP contribution in [0.1, 0.15) is 11.1 Å². The Kier molecular flexibility index (Phi) is 2.47. The average molecular weight is 203 g/mol. The monoisotopic (exact) mass is 203 g/mol. The third-order valence-corrected chi connectivity index (χ3v) is 2.20. The highest BCUT2D eigenvalue weighted by Crippen LogP contribution is 2.23. The summed E-state index contributed by atoms with van der Waals surface area (Å²) < 4.78 is 0. The van der Waals surface area contributed by atoms with Crippen LogP contribution in [-0.2, 0) is 11.2 Å². The van der Waals surface area contributed by atoms with Gasteiger partial charge in [-0.2, -0.15) is 12.6 Å². The van der Waals surface area contributed by atoms with E-state index in [0.29, 0.717) is 12.2 Å². The minimum atomic E-state index is 0.0549. The van der Waals surface area contributed by atoms with Crippen molar-refractivity contribution in [3.8, 4) is 11.8 Å². The molecule has 2 nitrogen and oxygen atoms in total. The van der Waals surface area contributed by atoms with E-state index in [2.05, 4.69) is 29.8 Å². The van der Waals surface area contributed by atoms with Gasteiger partial charge < -0.3 is 5.32 Å². The van der Waals surface area contributed by atoms with Crippen LogP contribution >= 0.6 is 12.6 Å². The van der Waals surface area contributed by atoms with E-state index in [-0.39, 0.29) is 5.91 Å². The average Bonchev–Trinajstić information content (AvgIpc) is 2.54. The summed E-state index contributed by atoms with van der Waals surface area (Å²) in [6.07, 6.45) is 0.464. The third kappa shape index (κ3) is 1.75. The quantitative estimate of drug-likeness (QED) is 0.485. The number of nitrogens with one attached hydrogen (secondary N) is 1. The fourth-order valence-corrected chi connectivity index (χ4v) is 1.53. The van der Waals surface area contributed by atoms with E-state index >= 15 is 0 Å². The van der Waals surface area contributed by atoms with Crippen LogP contribution in [0.5, 0.6) is 0 Å². The third-order valence-electron chi connectivity index (χ3n) is 2.04. The number of hydrogen-bond donors (Lipinski definition) is 2. The van der Waals surface area contributed by atoms with Crippen LogP contribution in [0, 0.1) is 11.8 Å². The summed E-state index contributed by atoms with van der Waals surface area (Å²) in [6.45, 7) is 0. The smallest absolute Gasteiger partial charge is 0.228 e. The predicted molar refractivity (Wildman–Crippen MR) is 59.5 cm³/mol. The highest BCUT2D eigenvalue weighted by molar-refractivity contribution is 7.80. The first-order valence-corrected chi connectivity index (χ1v) is 4.95. The highest BCUT2D eigenvalue weighted by atomic mass is 32.1. The highest BCUT2D eigenvalue weighted by Gasteiger charge is 2.16. The van der Waals surface area contributed by atoms with Crippen molar-refractivity contribution in [2.75, 3.05) is 11.1 Å². The van der Waals surface area contributed by atoms with Gasteiger partial charge in [0.1, 0.15) is 0 Å². The molecule has 3 heteroatoms. The van der Waals surface area contributed by atoms with Crippen LogP contribution in [0.3, 0.4) is 0 Å². The molecule has 0 spiro atoms. The van der Waals surface area contributed by atoms with Gasteiger partial charge in [0, 0.05) is 11.3 Å². The van der Waals surface area contributed by atoms with Crippen molar-refractivity contribution in [3.05, 3.63) is 29.3 Å². The summed E-state index contributed by atoms with van der Waals surface area (Å²) in [6, 6.07) is 5.74. The second kappa shape index (κ2) is 3.77. The summed E-state index contributed by atoms with van der Waals surface area (Å²) >= 11 is 4.01. The van der Waals surface area contributed by atoms with Gasteiger partial charge in [0.15, 0.2) is 0 Å². The number of carbonyl (C=O) groups excluding carboxylic acids is 1. The first-order valence-electron chi connectivity index (χ1n) is 4.32. The zero-order valence-corrected chi connectivity index (χ0v) is 8.40. The van der Waals surface area contributed by atoms with Gasteiger partial charge in [0.2, 0.25) is 5.91 Å². The SMILES string of the molecule is O=C1Cc2cc(C#CCS)ccc2N1. The molecule has 0 saturated heterocycles. The molecule has 70 valence electrons. The number of thiol groups is 1. The number of carbonyl (C=O) groups is 1. The number of fused-ring (bicyclic) bond motifs is 1. The first kappa shape index (κ1) is 9.17. The molecule has 0 fully saturated rings. The summed E-state index contributed by atoms with van der Waals surface area (Å²) in [7, 11) is 0. The Hall–Kier alpha value is -1.40. The van der Waals surface area contributed by atoms with E-state index in [1.165, 1.54) is 0 Å². The maximum atomic E-state index is 11.1. The van der Waals surface area contributed by atoms with Gasteiger partial charge >= 0.3 is 0 Å². The molecule has 0 atom stereocenters. The molecule has 0 aromatic heterocycles. The van der Waals surface area contributed by atoms with Crippen molar-refractivity contribution in [1.29, 1.82) is 0 Å². The van der Waals surface area contributed by atoms with Gasteiger partial charge in [-0.05, 0) is 23.8 Å². The minimum Gasteiger partial charge on any atom is -0.326 e. The van der Waals surface area contributed by atoms with E-state index in [9.17, 15) is 4.79 Å². The maximum absolute atomic E-state index is 11.1. The normalized spacial score (nSPS) is 12.8. The van der Waals surface area contributed by atoms with E-state index in [0.717, 1.165) is 16.8 Å². The molecule has 1 aromatic rings. The topological polar surface area (TPSA) is 29.1 Å². The molecule has 2 rings (SSSR count). The van der Waals surface area contributed by atoms with Crippen molar-refractivity contribution < 1.29 is 4.79 Å². The molecule has 1 aliphatic heterocycles. The summed E-state index contributed by atoms with van der Waals surface area (Å²) in [5.74, 6) is 6.45. The van der Waals surface area contributed by atoms with E-state index in [1.807, 2.05) is 18.2 Å². The summed E-state index contributed by atoms with van der Waals surface area (Å²) in [5, 5.41) is 2.78. The molecular weight excluding hydrogens is 194 g/mol. The minimum absolute atomic E-state index is 0.0549. The second-order valence-electron chi connectivity index (χ2n) is 3.06. The summed E-state index contributed by atoms with van der Waals surface area (Å²) in [4.78, 5) is 11.1. The summed E-state index contributed by atoms with van der Waals surface area (Å²) in [5.41, 5.74) is 2.88. The molecule has 0 saturated carbocycles. The van der Waals surface area contributed by atoms with Crippen LogP contribution < -0.4 is 5.32 Å². The Labute approximate surface area is 88.1 Å². The van der Waals surface area contributed by atoms with E-state index in [4.69, 9.17) is 0 Å². The molecule has 0 aliphatic carbocycles. The molecule has 14 heavy (non-hydrogen) atoms. The molecular formula is C11H9NOS. The lowest BCUT2D eigenvalue weighted by atomic mass is 10.1. The number of benzene rings is 1. The lowest BCUT2D eigenvalue weighted by Gasteiger charge is -1.97. The molecule has 1 aromatic carbocycles. The molecule has 0 radical (unpaired) electrons. The number of hydrogen-bond acceptors (Lipinski definition) is 2. The van der Waals surface area contributed by atoms with E-state index < -0.39 is 0 Å². The van der Waals surface area contributed by atoms with Crippen molar-refractivity contribution in [2.24, 2.45) is 0 Å². The largest absolute Gasteiger partial charge is 0.326 e. The number of anilines is 1. The fourth-order valence-electron chi connectivity index (χ4n) is 1.45. The van der Waals surface area contributed by atoms with Crippen LogP contribution in [0.2, 0.25) is 0 Å². The molecule has 0 unspecified atom stereocenters. The predicted octanol–water partition coefficient (Wildman–Crippen LogP) is 1.46. The van der Waals surface area contributed by atoms with Crippen LogP contribution in [0.25, 0.3) is 0 Å².